The van der Waals surface area contributed by atoms with Crippen LogP contribution in [0.4, 0.5) is 0 Å². The molecule has 2 amide bonds. The molecule has 2 heterocycles. The second-order valence-electron chi connectivity index (χ2n) is 5.43. The molecular formula is C17H16N4O2S2. The number of benzene rings is 1. The summed E-state index contributed by atoms with van der Waals surface area (Å²) < 4.78 is 2.35. The van der Waals surface area contributed by atoms with Gasteiger partial charge >= 0.3 is 0 Å². The van der Waals surface area contributed by atoms with Crippen molar-refractivity contribution in [2.24, 2.45) is 0 Å². The lowest BCUT2D eigenvalue weighted by Gasteiger charge is -2.10. The molecule has 0 saturated heterocycles. The molecule has 3 aromatic rings. The first-order valence-corrected chi connectivity index (χ1v) is 8.81. The van der Waals surface area contributed by atoms with Crippen molar-refractivity contribution in [3.63, 3.8) is 0 Å². The quantitative estimate of drug-likeness (QED) is 0.486. The molecule has 3 N–H and O–H groups in total. The number of carbonyl (C=O) groups is 2. The van der Waals surface area contributed by atoms with Crippen molar-refractivity contribution in [1.82, 2.24) is 20.4 Å². The topological polar surface area (TPSA) is 78.9 Å². The summed E-state index contributed by atoms with van der Waals surface area (Å²) in [5, 5.41) is 1.93. The largest absolute Gasteiger partial charge is 0.357 e. The standard InChI is InChI=1S/C17H16N4O2S2/c1-11-4-6-12(7-5-11)14-10-25-17(24)21(14)9-15(22)19-20-16(23)13-3-2-8-18-13/h2-8,10,18H,9H2,1H3,(H,19,22)(H,20,23). The Morgan fingerprint density at radius 3 is 2.64 bits per heavy atom. The van der Waals surface area contributed by atoms with Gasteiger partial charge in [-0.3, -0.25) is 20.4 Å². The van der Waals surface area contributed by atoms with Crippen LogP contribution >= 0.6 is 23.6 Å². The van der Waals surface area contributed by atoms with Gasteiger partial charge in [0.2, 0.25) is 0 Å². The van der Waals surface area contributed by atoms with E-state index < -0.39 is 5.91 Å². The zero-order valence-electron chi connectivity index (χ0n) is 13.4. The Labute approximate surface area is 153 Å². The molecule has 0 bridgehead atoms. The number of hydrazine groups is 1. The maximum absolute atomic E-state index is 12.2. The third-order valence-corrected chi connectivity index (χ3v) is 4.86. The smallest absolute Gasteiger partial charge is 0.286 e. The summed E-state index contributed by atoms with van der Waals surface area (Å²) in [4.78, 5) is 26.8. The summed E-state index contributed by atoms with van der Waals surface area (Å²) in [5.74, 6) is -0.770. The number of aryl methyl sites for hydroxylation is 1. The maximum atomic E-state index is 12.2. The van der Waals surface area contributed by atoms with Crippen molar-refractivity contribution in [2.75, 3.05) is 0 Å². The molecule has 0 saturated carbocycles. The number of rotatable bonds is 4. The predicted molar refractivity (Wildman–Crippen MR) is 99.7 cm³/mol. The van der Waals surface area contributed by atoms with E-state index in [-0.39, 0.29) is 12.5 Å². The molecule has 0 radical (unpaired) electrons. The highest BCUT2D eigenvalue weighted by Gasteiger charge is 2.12. The fraction of sp³-hybridized carbons (Fsp3) is 0.118. The van der Waals surface area contributed by atoms with Crippen LogP contribution in [0.25, 0.3) is 11.3 Å². The Kier molecular flexibility index (Phi) is 5.11. The Bertz CT molecular complexity index is 940. The summed E-state index contributed by atoms with van der Waals surface area (Å²) >= 11 is 6.73. The van der Waals surface area contributed by atoms with E-state index in [1.165, 1.54) is 11.3 Å². The van der Waals surface area contributed by atoms with Crippen molar-refractivity contribution in [2.45, 2.75) is 13.5 Å². The number of nitrogens with zero attached hydrogens (tertiary/aromatic N) is 1. The highest BCUT2D eigenvalue weighted by molar-refractivity contribution is 7.73. The SMILES string of the molecule is Cc1ccc(-c2csc(=S)n2CC(=O)NNC(=O)c2ccc[nH]2)cc1. The average molecular weight is 372 g/mol. The van der Waals surface area contributed by atoms with Gasteiger partial charge in [0, 0.05) is 11.6 Å². The fourth-order valence-electron chi connectivity index (χ4n) is 2.28. The molecule has 6 nitrogen and oxygen atoms in total. The molecule has 0 atom stereocenters. The highest BCUT2D eigenvalue weighted by atomic mass is 32.1. The van der Waals surface area contributed by atoms with E-state index in [4.69, 9.17) is 12.2 Å². The van der Waals surface area contributed by atoms with Crippen molar-refractivity contribution in [3.05, 3.63) is 63.2 Å². The Morgan fingerprint density at radius 1 is 1.20 bits per heavy atom. The van der Waals surface area contributed by atoms with Crippen molar-refractivity contribution < 1.29 is 9.59 Å². The van der Waals surface area contributed by atoms with Crippen LogP contribution in [0.5, 0.6) is 0 Å². The Balaban J connectivity index is 1.69. The van der Waals surface area contributed by atoms with Gasteiger partial charge < -0.3 is 9.55 Å². The molecular weight excluding hydrogens is 356 g/mol. The van der Waals surface area contributed by atoms with Crippen molar-refractivity contribution in [1.29, 1.82) is 0 Å². The third kappa shape index (κ3) is 4.04. The Morgan fingerprint density at radius 2 is 1.96 bits per heavy atom. The number of hydrogen-bond acceptors (Lipinski definition) is 4. The highest BCUT2D eigenvalue weighted by Crippen LogP contribution is 2.24. The number of amides is 2. The van der Waals surface area contributed by atoms with E-state index in [0.29, 0.717) is 9.65 Å². The average Bonchev–Trinajstić information content (AvgIpc) is 3.25. The zero-order chi connectivity index (χ0) is 17.8. The lowest BCUT2D eigenvalue weighted by molar-refractivity contribution is -0.122. The third-order valence-electron chi connectivity index (χ3n) is 3.59. The number of aromatic amines is 1. The minimum absolute atomic E-state index is 0.0244. The minimum atomic E-state index is -0.411. The maximum Gasteiger partial charge on any atom is 0.286 e. The van der Waals surface area contributed by atoms with Crippen LogP contribution in [0.15, 0.2) is 48.0 Å². The summed E-state index contributed by atoms with van der Waals surface area (Å²) in [6.45, 7) is 2.04. The van der Waals surface area contributed by atoms with Crippen LogP contribution in [0, 0.1) is 10.9 Å². The van der Waals surface area contributed by atoms with Gasteiger partial charge in [-0.1, -0.05) is 29.8 Å². The summed E-state index contributed by atoms with van der Waals surface area (Å²) in [6, 6.07) is 11.3. The normalized spacial score (nSPS) is 10.4. The van der Waals surface area contributed by atoms with Crippen LogP contribution in [0.3, 0.4) is 0 Å². The number of hydrogen-bond donors (Lipinski definition) is 3. The van der Waals surface area contributed by atoms with Gasteiger partial charge in [0.25, 0.3) is 11.8 Å². The van der Waals surface area contributed by atoms with Crippen LogP contribution in [0.1, 0.15) is 16.1 Å². The number of H-pyrrole nitrogens is 1. The number of nitrogens with one attached hydrogen (secondary N) is 3. The first-order valence-electron chi connectivity index (χ1n) is 7.52. The summed E-state index contributed by atoms with van der Waals surface area (Å²) in [7, 11) is 0. The van der Waals surface area contributed by atoms with Crippen molar-refractivity contribution in [3.8, 4) is 11.3 Å². The molecule has 0 unspecified atom stereocenters. The predicted octanol–water partition coefficient (Wildman–Crippen LogP) is 3.04. The van der Waals surface area contributed by atoms with Crippen LogP contribution in [-0.4, -0.2) is 21.4 Å². The van der Waals surface area contributed by atoms with Gasteiger partial charge in [0.05, 0.1) is 5.69 Å². The van der Waals surface area contributed by atoms with E-state index >= 15 is 0 Å². The van der Waals surface area contributed by atoms with E-state index in [0.717, 1.165) is 16.8 Å². The van der Waals surface area contributed by atoms with Gasteiger partial charge in [-0.15, -0.1) is 11.3 Å². The molecule has 3 rings (SSSR count). The molecule has 2 aromatic heterocycles. The van der Waals surface area contributed by atoms with Gasteiger partial charge in [0.1, 0.15) is 12.2 Å². The molecule has 1 aromatic carbocycles. The molecule has 0 aliphatic carbocycles. The molecule has 128 valence electrons. The first-order chi connectivity index (χ1) is 12.0. The van der Waals surface area contributed by atoms with E-state index in [1.54, 1.807) is 22.9 Å². The summed E-state index contributed by atoms with van der Waals surface area (Å²) in [6.07, 6.45) is 1.63. The van der Waals surface area contributed by atoms with E-state index in [9.17, 15) is 9.59 Å². The van der Waals surface area contributed by atoms with Crippen molar-refractivity contribution >= 4 is 35.4 Å². The summed E-state index contributed by atoms with van der Waals surface area (Å²) in [5.41, 5.74) is 8.17. The van der Waals surface area contributed by atoms with Gasteiger partial charge in [-0.05, 0) is 36.8 Å². The van der Waals surface area contributed by atoms with Crippen LogP contribution in [0.2, 0.25) is 0 Å². The fourth-order valence-corrected chi connectivity index (χ4v) is 3.35. The molecule has 8 heteroatoms. The molecule has 0 spiro atoms. The van der Waals surface area contributed by atoms with Gasteiger partial charge in [-0.2, -0.15) is 0 Å². The van der Waals surface area contributed by atoms with Crippen LogP contribution in [-0.2, 0) is 11.3 Å². The van der Waals surface area contributed by atoms with Gasteiger partial charge in [0.15, 0.2) is 3.95 Å². The zero-order valence-corrected chi connectivity index (χ0v) is 15.0. The number of thiazole rings is 1. The van der Waals surface area contributed by atoms with E-state index in [1.807, 2.05) is 36.6 Å². The molecule has 25 heavy (non-hydrogen) atoms. The number of carbonyl (C=O) groups excluding carboxylic acids is 2. The van der Waals surface area contributed by atoms with Crippen LogP contribution < -0.4 is 10.9 Å². The minimum Gasteiger partial charge on any atom is -0.357 e. The lowest BCUT2D eigenvalue weighted by Crippen LogP contribution is -2.43. The van der Waals surface area contributed by atoms with Gasteiger partial charge in [-0.25, -0.2) is 0 Å². The molecule has 0 aliphatic heterocycles. The molecule has 0 aliphatic rings. The molecule has 0 fully saturated rings. The van der Waals surface area contributed by atoms with E-state index in [2.05, 4.69) is 15.8 Å². The Hall–Kier alpha value is -2.71. The lowest BCUT2D eigenvalue weighted by atomic mass is 10.1. The second kappa shape index (κ2) is 7.45. The second-order valence-corrected chi connectivity index (χ2v) is 6.93. The number of aromatic nitrogens is 2. The monoisotopic (exact) mass is 372 g/mol. The first kappa shape index (κ1) is 17.1.